The summed E-state index contributed by atoms with van der Waals surface area (Å²) in [6, 6.07) is 10.9. The van der Waals surface area contributed by atoms with Gasteiger partial charge in [0, 0.05) is 79.4 Å². The number of hydrogen-bond acceptors (Lipinski definition) is 10. The molecule has 0 bridgehead atoms. The number of rotatable bonds is 9. The van der Waals surface area contributed by atoms with Crippen molar-refractivity contribution in [3.05, 3.63) is 71.2 Å². The number of nitrogens with zero attached hydrogens (tertiary/aromatic N) is 8. The highest BCUT2D eigenvalue weighted by molar-refractivity contribution is 6.36. The zero-order chi connectivity index (χ0) is 36.1. The number of pyridine rings is 1. The summed E-state index contributed by atoms with van der Waals surface area (Å²) in [7, 11) is 1.87. The van der Waals surface area contributed by atoms with E-state index in [-0.39, 0.29) is 47.6 Å². The van der Waals surface area contributed by atoms with E-state index in [1.54, 1.807) is 23.2 Å². The average Bonchev–Trinajstić information content (AvgIpc) is 3.94. The Balaban J connectivity index is 1.12. The second-order valence-electron chi connectivity index (χ2n) is 14.3. The van der Waals surface area contributed by atoms with E-state index in [1.807, 2.05) is 50.1 Å². The SMILES string of the molecule is CC(C)c1noc(/C=C/C(=O)N2CCC(N(C)c3nc(OC[C@@]45CCCN4C[C@H](F)C5)nc4c(F)c(-c5cccc6cccc(Cl)c56)ncc34)C2)n1. The molecule has 3 saturated heterocycles. The van der Waals surface area contributed by atoms with Crippen molar-refractivity contribution in [1.82, 2.24) is 34.9 Å². The average molecular weight is 729 g/mol. The minimum Gasteiger partial charge on any atom is -0.461 e. The molecule has 3 fully saturated rings. The van der Waals surface area contributed by atoms with Crippen LogP contribution in [0.1, 0.15) is 57.2 Å². The lowest BCUT2D eigenvalue weighted by atomic mass is 9.95. The molecule has 3 aliphatic rings. The summed E-state index contributed by atoms with van der Waals surface area (Å²) in [6.45, 7) is 6.22. The Hall–Kier alpha value is -4.75. The number of anilines is 1. The molecule has 3 aliphatic heterocycles. The summed E-state index contributed by atoms with van der Waals surface area (Å²) >= 11 is 6.63. The van der Waals surface area contributed by atoms with E-state index in [9.17, 15) is 9.18 Å². The minimum absolute atomic E-state index is 0.000859. The molecule has 8 rings (SSSR count). The van der Waals surface area contributed by atoms with Crippen molar-refractivity contribution in [3.63, 3.8) is 0 Å². The lowest BCUT2D eigenvalue weighted by Crippen LogP contribution is -2.43. The van der Waals surface area contributed by atoms with Crippen LogP contribution in [0.4, 0.5) is 14.6 Å². The Morgan fingerprint density at radius 1 is 1.17 bits per heavy atom. The molecule has 14 heteroatoms. The van der Waals surface area contributed by atoms with Crippen LogP contribution in [-0.2, 0) is 4.79 Å². The monoisotopic (exact) mass is 728 g/mol. The number of aromatic nitrogens is 5. The highest BCUT2D eigenvalue weighted by atomic mass is 35.5. The second-order valence-corrected chi connectivity index (χ2v) is 14.7. The van der Waals surface area contributed by atoms with Crippen molar-refractivity contribution in [2.75, 3.05) is 44.7 Å². The molecule has 0 N–H and O–H groups in total. The summed E-state index contributed by atoms with van der Waals surface area (Å²) in [4.78, 5) is 37.3. The van der Waals surface area contributed by atoms with E-state index >= 15 is 4.39 Å². The number of benzene rings is 2. The maximum atomic E-state index is 16.9. The summed E-state index contributed by atoms with van der Waals surface area (Å²) in [5, 5.41) is 6.37. The fourth-order valence-corrected chi connectivity index (χ4v) is 8.20. The Bertz CT molecular complexity index is 2190. The lowest BCUT2D eigenvalue weighted by Gasteiger charge is -2.31. The van der Waals surface area contributed by atoms with Crippen molar-refractivity contribution < 1.29 is 22.8 Å². The molecule has 0 spiro atoms. The van der Waals surface area contributed by atoms with Crippen LogP contribution in [0.15, 0.2) is 53.2 Å². The zero-order valence-corrected chi connectivity index (χ0v) is 30.0. The fourth-order valence-electron chi connectivity index (χ4n) is 7.91. The third-order valence-electron chi connectivity index (χ3n) is 10.7. The number of likely N-dealkylation sites (tertiary alicyclic amines) is 1. The Labute approximate surface area is 304 Å². The number of ether oxygens (including phenoxy) is 1. The maximum absolute atomic E-state index is 16.9. The highest BCUT2D eigenvalue weighted by Gasteiger charge is 2.49. The van der Waals surface area contributed by atoms with Gasteiger partial charge >= 0.3 is 6.01 Å². The standard InChI is InChI=1S/C38H39ClF2N8O3/c1-22(2)35-43-29(52-46-35)11-12-30(50)48-16-13-25(20-48)47(3)36-27-18-42-33(26-9-4-7-23-8-5-10-28(39)31(23)26)32(41)34(27)44-37(45-36)51-21-38-14-6-15-49(38)19-24(40)17-38/h4-5,7-12,18,22,24-25H,6,13-17,19-21H2,1-3H3/b12-11+/t24-,25?,38+/m1/s1. The van der Waals surface area contributed by atoms with Crippen molar-refractivity contribution in [2.45, 2.75) is 63.2 Å². The summed E-state index contributed by atoms with van der Waals surface area (Å²) in [6.07, 6.45) is 6.41. The van der Waals surface area contributed by atoms with Gasteiger partial charge in [-0.2, -0.15) is 15.0 Å². The molecule has 5 aromatic rings. The number of hydrogen-bond donors (Lipinski definition) is 0. The lowest BCUT2D eigenvalue weighted by molar-refractivity contribution is -0.124. The third-order valence-corrected chi connectivity index (χ3v) is 11.0. The van der Waals surface area contributed by atoms with Crippen molar-refractivity contribution >= 4 is 51.1 Å². The van der Waals surface area contributed by atoms with Crippen LogP contribution in [0, 0.1) is 5.82 Å². The molecule has 6 heterocycles. The van der Waals surface area contributed by atoms with Crippen molar-refractivity contribution in [2.24, 2.45) is 0 Å². The van der Waals surface area contributed by atoms with Crippen molar-refractivity contribution in [3.8, 4) is 17.3 Å². The number of amides is 1. The predicted molar refractivity (Wildman–Crippen MR) is 195 cm³/mol. The third kappa shape index (κ3) is 6.23. The van der Waals surface area contributed by atoms with Gasteiger partial charge < -0.3 is 19.1 Å². The molecule has 1 amide bonds. The van der Waals surface area contributed by atoms with Gasteiger partial charge in [-0.05, 0) is 37.3 Å². The van der Waals surface area contributed by atoms with E-state index < -0.39 is 17.5 Å². The van der Waals surface area contributed by atoms with E-state index in [2.05, 4.69) is 25.0 Å². The van der Waals surface area contributed by atoms with E-state index in [1.165, 1.54) is 12.2 Å². The number of halogens is 3. The first kappa shape index (κ1) is 34.3. The van der Waals surface area contributed by atoms with Gasteiger partial charge in [0.05, 0.1) is 10.9 Å². The zero-order valence-electron chi connectivity index (χ0n) is 29.2. The van der Waals surface area contributed by atoms with Crippen LogP contribution >= 0.6 is 11.6 Å². The van der Waals surface area contributed by atoms with Crippen molar-refractivity contribution in [1.29, 1.82) is 0 Å². The van der Waals surface area contributed by atoms with Crippen LogP contribution in [0.2, 0.25) is 5.02 Å². The first-order valence-corrected chi connectivity index (χ1v) is 18.1. The molecule has 270 valence electrons. The van der Waals surface area contributed by atoms with Gasteiger partial charge in [0.15, 0.2) is 11.6 Å². The number of alkyl halides is 1. The quantitative estimate of drug-likeness (QED) is 0.149. The fraction of sp³-hybridized carbons (Fsp3) is 0.421. The summed E-state index contributed by atoms with van der Waals surface area (Å²) in [5.74, 6) is 0.549. The molecule has 3 atom stereocenters. The summed E-state index contributed by atoms with van der Waals surface area (Å²) in [5.41, 5.74) is 0.249. The molecule has 1 unspecified atom stereocenters. The Morgan fingerprint density at radius 2 is 2.00 bits per heavy atom. The molecule has 11 nitrogen and oxygen atoms in total. The number of carbonyl (C=O) groups excluding carboxylic acids is 1. The maximum Gasteiger partial charge on any atom is 0.319 e. The smallest absolute Gasteiger partial charge is 0.319 e. The van der Waals surface area contributed by atoms with E-state index in [0.717, 1.165) is 24.8 Å². The topological polar surface area (TPSA) is 114 Å². The van der Waals surface area contributed by atoms with Crippen LogP contribution in [0.3, 0.4) is 0 Å². The molecular formula is C38H39ClF2N8O3. The van der Waals surface area contributed by atoms with Crippen LogP contribution in [0.25, 0.3) is 39.0 Å². The highest BCUT2D eigenvalue weighted by Crippen LogP contribution is 2.41. The molecule has 2 aromatic carbocycles. The van der Waals surface area contributed by atoms with E-state index in [4.69, 9.17) is 25.8 Å². The Morgan fingerprint density at radius 3 is 2.81 bits per heavy atom. The largest absolute Gasteiger partial charge is 0.461 e. The molecule has 0 radical (unpaired) electrons. The van der Waals surface area contributed by atoms with Gasteiger partial charge in [-0.1, -0.05) is 60.9 Å². The van der Waals surface area contributed by atoms with Crippen LogP contribution < -0.4 is 9.64 Å². The second kappa shape index (κ2) is 13.7. The van der Waals surface area contributed by atoms with Gasteiger partial charge in [0.1, 0.15) is 29.8 Å². The van der Waals surface area contributed by atoms with Gasteiger partial charge in [-0.25, -0.2) is 8.78 Å². The molecule has 3 aromatic heterocycles. The van der Waals surface area contributed by atoms with Gasteiger partial charge in [-0.3, -0.25) is 14.7 Å². The minimum atomic E-state index is -0.922. The molecule has 52 heavy (non-hydrogen) atoms. The first-order chi connectivity index (χ1) is 25.1. The number of carbonyl (C=O) groups is 1. The van der Waals surface area contributed by atoms with Gasteiger partial charge in [0.25, 0.3) is 5.89 Å². The van der Waals surface area contributed by atoms with Crippen LogP contribution in [0.5, 0.6) is 6.01 Å². The Kier molecular flexibility index (Phi) is 9.02. The summed E-state index contributed by atoms with van der Waals surface area (Å²) < 4.78 is 43.0. The first-order valence-electron chi connectivity index (χ1n) is 17.7. The predicted octanol–water partition coefficient (Wildman–Crippen LogP) is 6.85. The van der Waals surface area contributed by atoms with E-state index in [0.29, 0.717) is 65.5 Å². The van der Waals surface area contributed by atoms with Gasteiger partial charge in [-0.15, -0.1) is 0 Å². The molecule has 0 aliphatic carbocycles. The van der Waals surface area contributed by atoms with Gasteiger partial charge in [0.2, 0.25) is 5.91 Å². The molecular weight excluding hydrogens is 690 g/mol. The molecule has 0 saturated carbocycles. The number of fused-ring (bicyclic) bond motifs is 3. The normalized spacial score (nSPS) is 22.0. The van der Waals surface area contributed by atoms with Crippen LogP contribution in [-0.4, -0.2) is 98.4 Å². The number of likely N-dealkylation sites (N-methyl/N-ethyl adjacent to an activating group) is 1.